The van der Waals surface area contributed by atoms with Crippen LogP contribution in [0, 0.1) is 27.8 Å². The Balaban J connectivity index is 0.000000392. The van der Waals surface area contributed by atoms with E-state index in [1.165, 1.54) is 24.3 Å². The molecule has 4 aromatic rings. The molecule has 4 rings (SSSR count). The highest BCUT2D eigenvalue weighted by atomic mass is 127. The summed E-state index contributed by atoms with van der Waals surface area (Å²) in [5.41, 5.74) is 2.87. The van der Waals surface area contributed by atoms with E-state index in [1.807, 2.05) is 67.7 Å². The molecule has 0 amide bonds. The molecule has 0 radical (unpaired) electrons. The van der Waals surface area contributed by atoms with E-state index >= 15 is 0 Å². The molecule has 0 aliphatic heterocycles. The van der Waals surface area contributed by atoms with E-state index in [1.54, 1.807) is 0 Å². The first kappa shape index (κ1) is 60.5. The molecule has 4 aromatic carbocycles. The van der Waals surface area contributed by atoms with Gasteiger partial charge in [0.25, 0.3) is 0 Å². The summed E-state index contributed by atoms with van der Waals surface area (Å²) in [6.45, 7) is 42.3. The van der Waals surface area contributed by atoms with Crippen LogP contribution in [0.15, 0.2) is 198 Å². The zero-order chi connectivity index (χ0) is 51.0. The summed E-state index contributed by atoms with van der Waals surface area (Å²) in [5.74, 6) is 9.24. The summed E-state index contributed by atoms with van der Waals surface area (Å²) >= 11 is 2.32. The molecule has 0 unspecified atom stereocenters. The van der Waals surface area contributed by atoms with Gasteiger partial charge < -0.3 is 17.7 Å². The zero-order valence-electron chi connectivity index (χ0n) is 42.1. The van der Waals surface area contributed by atoms with Crippen molar-refractivity contribution in [2.45, 2.75) is 76.0 Å². The van der Waals surface area contributed by atoms with Gasteiger partial charge >= 0.3 is 0 Å². The molecule has 0 saturated carbocycles. The maximum absolute atomic E-state index is 6.30. The lowest BCUT2D eigenvalue weighted by Crippen LogP contribution is -2.50. The lowest BCUT2D eigenvalue weighted by atomic mass is 10.2. The third-order valence-corrected chi connectivity index (χ3v) is 28.8. The van der Waals surface area contributed by atoms with Gasteiger partial charge in [-0.2, -0.15) is 0 Å². The summed E-state index contributed by atoms with van der Waals surface area (Å²) in [4.78, 5) is 0. The third kappa shape index (κ3) is 18.2. The standard InChI is InChI=1S/C30H38O2Si2.C16H20OSi.C14H19IOSi/c1-7-23-33(24-8-2,31-11-5)29-19-15-27(16-20-29)13-14-28-17-21-30(22-18-28)34(25-9-3,26-10-4)32-12-6;1-5-13-18(14-6-2,17-8-4)16-11-9-15(7-3)10-12-16;1-4-11-17(12-5-2,16-6-3)14-9-7-13(15)8-10-14/h7-10,15-22H,1-4,11-12,23-26H2,5-6H3;3,5-6,9-12H,1-2,8,13-14H2,4H3;4-5,7-10H,1-2,6,11-12H2,3H3. The summed E-state index contributed by atoms with van der Waals surface area (Å²) in [5, 5.41) is 5.10. The second kappa shape index (κ2) is 33.0. The molecule has 4 nitrogen and oxygen atoms in total. The minimum atomic E-state index is -2.13. The molecule has 0 saturated heterocycles. The first-order valence-corrected chi connectivity index (χ1v) is 34.3. The summed E-state index contributed by atoms with van der Waals surface area (Å²) in [6, 6.07) is 40.9. The summed E-state index contributed by atoms with van der Waals surface area (Å²) in [6.07, 6.45) is 21.1. The highest BCUT2D eigenvalue weighted by Gasteiger charge is 2.37. The van der Waals surface area contributed by atoms with E-state index in [9.17, 15) is 0 Å². The number of halogens is 1. The van der Waals surface area contributed by atoms with Crippen molar-refractivity contribution in [1.82, 2.24) is 0 Å². The van der Waals surface area contributed by atoms with E-state index in [4.69, 9.17) is 24.1 Å². The molecule has 9 heteroatoms. The van der Waals surface area contributed by atoms with Gasteiger partial charge in [-0.3, -0.25) is 0 Å². The van der Waals surface area contributed by atoms with E-state index in [2.05, 4.69) is 199 Å². The van der Waals surface area contributed by atoms with Crippen LogP contribution in [0.5, 0.6) is 0 Å². The molecule has 0 aromatic heterocycles. The maximum atomic E-state index is 6.30. The van der Waals surface area contributed by atoms with E-state index in [0.29, 0.717) is 19.8 Å². The van der Waals surface area contributed by atoms with Crippen LogP contribution in [0.2, 0.25) is 48.4 Å². The highest BCUT2D eigenvalue weighted by Crippen LogP contribution is 2.23. The van der Waals surface area contributed by atoms with Crippen molar-refractivity contribution >= 4 is 76.6 Å². The Bertz CT molecular complexity index is 2200. The molecule has 0 bridgehead atoms. The molecule has 69 heavy (non-hydrogen) atoms. The molecule has 364 valence electrons. The van der Waals surface area contributed by atoms with Crippen LogP contribution in [-0.4, -0.2) is 59.7 Å². The first-order valence-electron chi connectivity index (χ1n) is 23.9. The fourth-order valence-corrected chi connectivity index (χ4v) is 22.1. The van der Waals surface area contributed by atoms with E-state index in [0.717, 1.165) is 71.7 Å². The van der Waals surface area contributed by atoms with Crippen LogP contribution in [0.25, 0.3) is 0 Å². The minimum Gasteiger partial charge on any atom is -0.412 e. The lowest BCUT2D eigenvalue weighted by molar-refractivity contribution is 0.333. The van der Waals surface area contributed by atoms with Crippen LogP contribution in [-0.2, 0) is 17.7 Å². The largest absolute Gasteiger partial charge is 0.412 e. The van der Waals surface area contributed by atoms with Crippen LogP contribution in [0.4, 0.5) is 0 Å². The predicted octanol–water partition coefficient (Wildman–Crippen LogP) is 13.3. The SMILES string of the molecule is C#Cc1ccc([Si](CC=C)(CC=C)OCC)cc1.C=CC[Si](CC=C)(OCC)c1ccc(C#Cc2ccc([Si](CC=C)(CC=C)OCC)cc2)cc1.C=CC[Si](CC=C)(OCC)c1ccc(I)cc1. The second-order valence-electron chi connectivity index (χ2n) is 16.3. The van der Waals surface area contributed by atoms with Gasteiger partial charge in [-0.05, 0) is 168 Å². The molecule has 0 heterocycles. The van der Waals surface area contributed by atoms with E-state index < -0.39 is 33.3 Å². The normalized spacial score (nSPS) is 11.1. The van der Waals surface area contributed by atoms with Gasteiger partial charge in [0.2, 0.25) is 33.3 Å². The Morgan fingerprint density at radius 3 is 0.768 bits per heavy atom. The van der Waals surface area contributed by atoms with Crippen molar-refractivity contribution in [3.63, 3.8) is 0 Å². The van der Waals surface area contributed by atoms with Crippen LogP contribution in [0.3, 0.4) is 0 Å². The van der Waals surface area contributed by atoms with Gasteiger partial charge in [-0.15, -0.1) is 59.1 Å². The second-order valence-corrected chi connectivity index (χ2v) is 32.2. The average Bonchev–Trinajstić information content (AvgIpc) is 3.35. The number of allylic oxidation sites excluding steroid dienone is 8. The summed E-state index contributed by atoms with van der Waals surface area (Å²) < 4.78 is 26.1. The Morgan fingerprint density at radius 2 is 0.580 bits per heavy atom. The van der Waals surface area contributed by atoms with Crippen LogP contribution >= 0.6 is 22.6 Å². The minimum absolute atomic E-state index is 0.693. The highest BCUT2D eigenvalue weighted by molar-refractivity contribution is 14.1. The topological polar surface area (TPSA) is 36.9 Å². The molecule has 0 spiro atoms. The lowest BCUT2D eigenvalue weighted by Gasteiger charge is -2.29. The summed E-state index contributed by atoms with van der Waals surface area (Å²) in [7, 11) is -8.21. The van der Waals surface area contributed by atoms with Crippen molar-refractivity contribution in [2.24, 2.45) is 0 Å². The fraction of sp³-hybridized carbons (Fsp3) is 0.267. The predicted molar refractivity (Wildman–Crippen MR) is 320 cm³/mol. The fourth-order valence-electron chi connectivity index (χ4n) is 8.53. The van der Waals surface area contributed by atoms with Gasteiger partial charge in [0.1, 0.15) is 0 Å². The van der Waals surface area contributed by atoms with Crippen molar-refractivity contribution < 1.29 is 17.7 Å². The number of benzene rings is 4. The third-order valence-electron chi connectivity index (χ3n) is 11.6. The molecule has 0 aliphatic carbocycles. The molecular formula is C60H77IO4Si4. The van der Waals surface area contributed by atoms with Gasteiger partial charge in [0.15, 0.2) is 0 Å². The first-order chi connectivity index (χ1) is 33.4. The van der Waals surface area contributed by atoms with Crippen molar-refractivity contribution in [3.8, 4) is 24.2 Å². The molecular weight excluding hydrogens is 1020 g/mol. The number of hydrogen-bond donors (Lipinski definition) is 0. The van der Waals surface area contributed by atoms with Crippen LogP contribution in [0.1, 0.15) is 44.4 Å². The van der Waals surface area contributed by atoms with Crippen LogP contribution < -0.4 is 20.7 Å². The van der Waals surface area contributed by atoms with Crippen molar-refractivity contribution in [3.05, 3.63) is 219 Å². The number of rotatable bonds is 28. The van der Waals surface area contributed by atoms with Gasteiger partial charge in [-0.1, -0.05) is 115 Å². The number of hydrogen-bond acceptors (Lipinski definition) is 4. The maximum Gasteiger partial charge on any atom is 0.231 e. The quantitative estimate of drug-likeness (QED) is 0.0246. The smallest absolute Gasteiger partial charge is 0.231 e. The Labute approximate surface area is 436 Å². The molecule has 0 N–H and O–H groups in total. The molecule has 0 aliphatic rings. The molecule has 0 fully saturated rings. The average molecular weight is 1100 g/mol. The van der Waals surface area contributed by atoms with Gasteiger partial charge in [0, 0.05) is 46.7 Å². The van der Waals surface area contributed by atoms with Crippen molar-refractivity contribution in [2.75, 3.05) is 26.4 Å². The Kier molecular flexibility index (Phi) is 29.0. The monoisotopic (exact) mass is 1100 g/mol. The Morgan fingerprint density at radius 1 is 0.377 bits per heavy atom. The van der Waals surface area contributed by atoms with Gasteiger partial charge in [0.05, 0.1) is 0 Å². The van der Waals surface area contributed by atoms with Gasteiger partial charge in [-0.25, -0.2) is 0 Å². The number of terminal acetylenes is 1. The Hall–Kier alpha value is -4.64. The molecule has 0 atom stereocenters. The zero-order valence-corrected chi connectivity index (χ0v) is 48.2. The van der Waals surface area contributed by atoms with Crippen molar-refractivity contribution in [1.29, 1.82) is 0 Å². The van der Waals surface area contributed by atoms with E-state index in [-0.39, 0.29) is 0 Å².